The summed E-state index contributed by atoms with van der Waals surface area (Å²) in [5.41, 5.74) is 3.12. The monoisotopic (exact) mass is 360 g/mol. The van der Waals surface area contributed by atoms with Crippen molar-refractivity contribution in [1.29, 1.82) is 0 Å². The minimum absolute atomic E-state index is 0.109. The Hall–Kier alpha value is -2.94. The molecule has 3 nitrogen and oxygen atoms in total. The summed E-state index contributed by atoms with van der Waals surface area (Å²) in [7, 11) is 1.67. The number of methoxy groups -OCH3 is 1. The first-order chi connectivity index (χ1) is 13.0. The molecule has 4 rings (SSSR count). The maximum absolute atomic E-state index is 9.76. The molecule has 0 saturated heterocycles. The third-order valence-corrected chi connectivity index (χ3v) is 5.42. The van der Waals surface area contributed by atoms with Crippen molar-refractivity contribution in [2.24, 2.45) is 0 Å². The molecule has 138 valence electrons. The van der Waals surface area contributed by atoms with Gasteiger partial charge in [0.2, 0.25) is 0 Å². The fourth-order valence-corrected chi connectivity index (χ4v) is 4.22. The Kier molecular flexibility index (Phi) is 4.31. The highest BCUT2D eigenvalue weighted by atomic mass is 16.5. The number of hydrogen-bond donors (Lipinski definition) is 1. The summed E-state index contributed by atoms with van der Waals surface area (Å²) in [6.45, 7) is 4.28. The molecular weight excluding hydrogens is 336 g/mol. The van der Waals surface area contributed by atoms with Crippen molar-refractivity contribution in [2.45, 2.75) is 31.3 Å². The molecule has 1 aliphatic rings. The Labute approximate surface area is 160 Å². The molecule has 2 atom stereocenters. The first kappa shape index (κ1) is 17.5. The number of benzene rings is 3. The van der Waals surface area contributed by atoms with Gasteiger partial charge in [0, 0.05) is 23.5 Å². The highest BCUT2D eigenvalue weighted by molar-refractivity contribution is 5.52. The van der Waals surface area contributed by atoms with Crippen molar-refractivity contribution in [3.05, 3.63) is 89.5 Å². The predicted molar refractivity (Wildman–Crippen MR) is 107 cm³/mol. The fourth-order valence-electron chi connectivity index (χ4n) is 4.22. The molecule has 1 aliphatic heterocycles. The van der Waals surface area contributed by atoms with Crippen molar-refractivity contribution in [2.75, 3.05) is 7.11 Å². The molecule has 0 aliphatic carbocycles. The number of fused-ring (bicyclic) bond motifs is 1. The molecule has 3 aromatic rings. The van der Waals surface area contributed by atoms with Gasteiger partial charge in [0.1, 0.15) is 22.8 Å². The van der Waals surface area contributed by atoms with Gasteiger partial charge in [-0.2, -0.15) is 0 Å². The maximum atomic E-state index is 9.76. The second kappa shape index (κ2) is 6.66. The van der Waals surface area contributed by atoms with Gasteiger partial charge in [-0.15, -0.1) is 0 Å². The van der Waals surface area contributed by atoms with Crippen LogP contribution in [0.25, 0.3) is 0 Å². The number of ether oxygens (including phenoxy) is 2. The summed E-state index contributed by atoms with van der Waals surface area (Å²) >= 11 is 0. The van der Waals surface area contributed by atoms with E-state index >= 15 is 0 Å². The van der Waals surface area contributed by atoms with Gasteiger partial charge >= 0.3 is 0 Å². The molecule has 0 unspecified atom stereocenters. The van der Waals surface area contributed by atoms with Gasteiger partial charge in [0.05, 0.1) is 7.11 Å². The zero-order chi connectivity index (χ0) is 19.0. The molecule has 0 spiro atoms. The van der Waals surface area contributed by atoms with Crippen LogP contribution in [0.3, 0.4) is 0 Å². The largest absolute Gasteiger partial charge is 0.508 e. The van der Waals surface area contributed by atoms with Crippen LogP contribution in [0.15, 0.2) is 72.8 Å². The van der Waals surface area contributed by atoms with Crippen LogP contribution in [0, 0.1) is 0 Å². The highest BCUT2D eigenvalue weighted by Gasteiger charge is 2.45. The molecule has 0 aromatic heterocycles. The van der Waals surface area contributed by atoms with E-state index in [1.807, 2.05) is 30.3 Å². The second-order valence-electron chi connectivity index (χ2n) is 7.57. The van der Waals surface area contributed by atoms with E-state index in [4.69, 9.17) is 9.47 Å². The van der Waals surface area contributed by atoms with Crippen LogP contribution in [-0.4, -0.2) is 17.8 Å². The zero-order valence-electron chi connectivity index (χ0n) is 15.8. The molecular formula is C24H24O3. The quantitative estimate of drug-likeness (QED) is 0.671. The molecule has 0 bridgehead atoms. The van der Waals surface area contributed by atoms with Crippen LogP contribution in [-0.2, 0) is 0 Å². The van der Waals surface area contributed by atoms with Gasteiger partial charge < -0.3 is 14.6 Å². The minimum Gasteiger partial charge on any atom is -0.508 e. The molecule has 3 heteroatoms. The van der Waals surface area contributed by atoms with Crippen molar-refractivity contribution < 1.29 is 14.6 Å². The topological polar surface area (TPSA) is 38.7 Å². The molecule has 27 heavy (non-hydrogen) atoms. The van der Waals surface area contributed by atoms with E-state index in [0.717, 1.165) is 22.6 Å². The minimum atomic E-state index is -0.413. The van der Waals surface area contributed by atoms with Crippen LogP contribution in [0.4, 0.5) is 0 Å². The van der Waals surface area contributed by atoms with Crippen LogP contribution in [0.2, 0.25) is 0 Å². The predicted octanol–water partition coefficient (Wildman–Crippen LogP) is 5.49. The smallest absolute Gasteiger partial charge is 0.127 e. The summed E-state index contributed by atoms with van der Waals surface area (Å²) in [6, 6.07) is 24.1. The Morgan fingerprint density at radius 1 is 0.889 bits per heavy atom. The van der Waals surface area contributed by atoms with E-state index in [2.05, 4.69) is 44.2 Å². The standard InChI is InChI=1S/C24H24O3/c1-24(2)23(17-7-5-4-6-8-17)22(16-9-11-18(25)12-10-16)20-14-13-19(26-3)15-21(20)27-24/h4-15,22-23,25H,1-3H3/t22-,23-/m0/s1. The van der Waals surface area contributed by atoms with Gasteiger partial charge in [-0.1, -0.05) is 48.5 Å². The van der Waals surface area contributed by atoms with Crippen LogP contribution < -0.4 is 9.47 Å². The first-order valence-corrected chi connectivity index (χ1v) is 9.20. The Bertz CT molecular complexity index is 930. The highest BCUT2D eigenvalue weighted by Crippen LogP contribution is 2.53. The molecule has 0 radical (unpaired) electrons. The number of aromatic hydroxyl groups is 1. The first-order valence-electron chi connectivity index (χ1n) is 9.20. The van der Waals surface area contributed by atoms with E-state index in [0.29, 0.717) is 0 Å². The van der Waals surface area contributed by atoms with Gasteiger partial charge in [-0.05, 0) is 43.2 Å². The lowest BCUT2D eigenvalue weighted by atomic mass is 9.68. The molecule has 1 heterocycles. The molecule has 0 saturated carbocycles. The van der Waals surface area contributed by atoms with Crippen molar-refractivity contribution in [3.63, 3.8) is 0 Å². The maximum Gasteiger partial charge on any atom is 0.127 e. The van der Waals surface area contributed by atoms with Crippen molar-refractivity contribution in [1.82, 2.24) is 0 Å². The van der Waals surface area contributed by atoms with Crippen molar-refractivity contribution >= 4 is 0 Å². The second-order valence-corrected chi connectivity index (χ2v) is 7.57. The van der Waals surface area contributed by atoms with Gasteiger partial charge in [0.15, 0.2) is 0 Å². The van der Waals surface area contributed by atoms with E-state index in [1.165, 1.54) is 5.56 Å². The lowest BCUT2D eigenvalue weighted by Crippen LogP contribution is -2.43. The molecule has 1 N–H and O–H groups in total. The Balaban J connectivity index is 1.94. The third-order valence-electron chi connectivity index (χ3n) is 5.42. The normalized spacial score (nSPS) is 20.4. The number of phenols is 1. The average Bonchev–Trinajstić information content (AvgIpc) is 2.67. The Morgan fingerprint density at radius 3 is 2.26 bits per heavy atom. The summed E-state index contributed by atoms with van der Waals surface area (Å²) in [5.74, 6) is 2.15. The SMILES string of the molecule is COc1ccc2c(c1)OC(C)(C)[C@@H](c1ccccc1)[C@H]2c1ccc(O)cc1. The zero-order valence-corrected chi connectivity index (χ0v) is 15.8. The van der Waals surface area contributed by atoms with Crippen LogP contribution >= 0.6 is 0 Å². The lowest BCUT2D eigenvalue weighted by molar-refractivity contribution is 0.0528. The number of rotatable bonds is 3. The molecule has 0 amide bonds. The summed E-state index contributed by atoms with van der Waals surface area (Å²) in [6.07, 6.45) is 0. The fraction of sp³-hybridized carbons (Fsp3) is 0.250. The van der Waals surface area contributed by atoms with Gasteiger partial charge in [-0.25, -0.2) is 0 Å². The van der Waals surface area contributed by atoms with Crippen LogP contribution in [0.5, 0.6) is 17.2 Å². The van der Waals surface area contributed by atoms with E-state index in [9.17, 15) is 5.11 Å². The summed E-state index contributed by atoms with van der Waals surface area (Å²) in [5, 5.41) is 9.76. The number of phenolic OH excluding ortho intramolecular Hbond substituents is 1. The van der Waals surface area contributed by atoms with Gasteiger partial charge in [-0.3, -0.25) is 0 Å². The summed E-state index contributed by atoms with van der Waals surface area (Å²) < 4.78 is 11.9. The summed E-state index contributed by atoms with van der Waals surface area (Å²) in [4.78, 5) is 0. The Morgan fingerprint density at radius 2 is 1.59 bits per heavy atom. The number of hydrogen-bond acceptors (Lipinski definition) is 3. The van der Waals surface area contributed by atoms with E-state index in [1.54, 1.807) is 19.2 Å². The lowest BCUT2D eigenvalue weighted by Gasteiger charge is -2.45. The van der Waals surface area contributed by atoms with Gasteiger partial charge in [0.25, 0.3) is 0 Å². The van der Waals surface area contributed by atoms with Crippen LogP contribution in [0.1, 0.15) is 42.4 Å². The van der Waals surface area contributed by atoms with E-state index < -0.39 is 5.60 Å². The third kappa shape index (κ3) is 3.14. The molecule has 0 fully saturated rings. The molecule has 3 aromatic carbocycles. The van der Waals surface area contributed by atoms with Crippen molar-refractivity contribution in [3.8, 4) is 17.2 Å². The van der Waals surface area contributed by atoms with E-state index in [-0.39, 0.29) is 17.6 Å². The average molecular weight is 360 g/mol.